The Morgan fingerprint density at radius 2 is 2.60 bits per heavy atom. The van der Waals surface area contributed by atoms with Crippen molar-refractivity contribution in [3.8, 4) is 0 Å². The van der Waals surface area contributed by atoms with Crippen LogP contribution in [0.25, 0.3) is 0 Å². The van der Waals surface area contributed by atoms with Crippen LogP contribution < -0.4 is 16.5 Å². The third-order valence-electron chi connectivity index (χ3n) is 0.270. The van der Waals surface area contributed by atoms with Crippen molar-refractivity contribution < 1.29 is 0 Å². The van der Waals surface area contributed by atoms with Crippen LogP contribution in [0.3, 0.4) is 0 Å². The maximum atomic E-state index is 3.31. The zero-order chi connectivity index (χ0) is 3.54. The van der Waals surface area contributed by atoms with Gasteiger partial charge in [0.05, 0.1) is 0 Å². The highest BCUT2D eigenvalue weighted by Gasteiger charge is 1.84. The van der Waals surface area contributed by atoms with E-state index >= 15 is 0 Å². The fourth-order valence-corrected chi connectivity index (χ4v) is 0.129. The molecule has 0 aromatic carbocycles. The van der Waals surface area contributed by atoms with Gasteiger partial charge in [0.15, 0.2) is 0 Å². The summed E-state index contributed by atoms with van der Waals surface area (Å²) in [6.07, 6.45) is 1.40. The third kappa shape index (κ3) is 0.273. The van der Waals surface area contributed by atoms with E-state index in [9.17, 15) is 0 Å². The fraction of sp³-hybridized carbons (Fsp3) is 0. The minimum atomic E-state index is 1.40. The monoisotopic (exact) mass is 70.0 g/mol. The van der Waals surface area contributed by atoms with E-state index in [-0.39, 0.29) is 0 Å². The predicted molar refractivity (Wildman–Crippen MR) is 15.9 cm³/mol. The Morgan fingerprint density at radius 1 is 1.60 bits per heavy atom. The van der Waals surface area contributed by atoms with E-state index < -0.39 is 0 Å². The summed E-state index contributed by atoms with van der Waals surface area (Å²) in [6, 6.07) is 0. The van der Waals surface area contributed by atoms with Gasteiger partial charge in [-0.05, 0) is 0 Å². The molecule has 1 heterocycles. The molecule has 1 rings (SSSR count). The Morgan fingerprint density at radius 3 is 2.80 bits per heavy atom. The van der Waals surface area contributed by atoms with Gasteiger partial charge in [-0.25, -0.2) is 0 Å². The highest BCUT2D eigenvalue weighted by Crippen LogP contribution is 1.56. The van der Waals surface area contributed by atoms with Gasteiger partial charge >= 0.3 is 0 Å². The van der Waals surface area contributed by atoms with Gasteiger partial charge < -0.3 is 0 Å². The third-order valence-corrected chi connectivity index (χ3v) is 0.270. The zero-order valence-corrected chi connectivity index (χ0v) is 2.42. The summed E-state index contributed by atoms with van der Waals surface area (Å²) in [6.45, 7) is 0. The molecule has 0 aromatic heterocycles. The Hall–Kier alpha value is -0.770. The van der Waals surface area contributed by atoms with Crippen molar-refractivity contribution in [2.75, 3.05) is 0 Å². The van der Waals surface area contributed by atoms with Crippen molar-refractivity contribution >= 4 is 6.34 Å². The number of hydrogen-bond donors (Lipinski definition) is 1. The summed E-state index contributed by atoms with van der Waals surface area (Å²) in [4.78, 5) is 0. The lowest BCUT2D eigenvalue weighted by Gasteiger charge is -1.72. The Bertz CT molecular complexity index is 41.6. The first-order valence-corrected chi connectivity index (χ1v) is 1.17. The average Bonchev–Trinajstić information content (AvgIpc) is 1.76. The molecule has 1 N–H and O–H groups in total. The molecule has 0 amide bonds. The molecule has 5 heavy (non-hydrogen) atoms. The average molecular weight is 70.1 g/mol. The van der Waals surface area contributed by atoms with Gasteiger partial charge in [0, 0.05) is 5.53 Å². The van der Waals surface area contributed by atoms with E-state index in [4.69, 9.17) is 0 Å². The zero-order valence-electron chi connectivity index (χ0n) is 2.42. The molecular weight excluding hydrogens is 68.0 g/mol. The van der Waals surface area contributed by atoms with Crippen molar-refractivity contribution in [2.24, 2.45) is 5.10 Å². The van der Waals surface area contributed by atoms with Gasteiger partial charge in [0.25, 0.3) is 0 Å². The minimum absolute atomic E-state index is 1.40. The first kappa shape index (κ1) is 2.47. The maximum Gasteiger partial charge on any atom is 0.130 e. The SMILES string of the molecule is C1=N[N][N]N1. The van der Waals surface area contributed by atoms with Crippen LogP contribution in [0.2, 0.25) is 0 Å². The van der Waals surface area contributed by atoms with Crippen LogP contribution >= 0.6 is 0 Å². The van der Waals surface area contributed by atoms with Crippen molar-refractivity contribution in [3.63, 3.8) is 0 Å². The topological polar surface area (TPSA) is 52.6 Å². The van der Waals surface area contributed by atoms with E-state index in [1.54, 1.807) is 0 Å². The van der Waals surface area contributed by atoms with Crippen molar-refractivity contribution in [2.45, 2.75) is 0 Å². The quantitative estimate of drug-likeness (QED) is 0.373. The summed E-state index contributed by atoms with van der Waals surface area (Å²) in [5.41, 5.74) is 8.79. The van der Waals surface area contributed by atoms with Crippen LogP contribution in [0.5, 0.6) is 0 Å². The van der Waals surface area contributed by atoms with Crippen LogP contribution in [-0.4, -0.2) is 6.34 Å². The van der Waals surface area contributed by atoms with Gasteiger partial charge in [-0.1, -0.05) is 5.53 Å². The van der Waals surface area contributed by atoms with Crippen molar-refractivity contribution in [3.05, 3.63) is 0 Å². The van der Waals surface area contributed by atoms with Crippen LogP contribution in [0.4, 0.5) is 0 Å². The van der Waals surface area contributed by atoms with Gasteiger partial charge in [0.1, 0.15) is 6.34 Å². The molecule has 0 spiro atoms. The molecule has 0 saturated carbocycles. The number of nitrogens with zero attached hydrogens (tertiary/aromatic N) is 3. The molecule has 0 aliphatic carbocycles. The summed E-state index contributed by atoms with van der Waals surface area (Å²) < 4.78 is 0. The van der Waals surface area contributed by atoms with Crippen LogP contribution in [0.15, 0.2) is 5.10 Å². The van der Waals surface area contributed by atoms with Crippen LogP contribution in [-0.2, 0) is 0 Å². The minimum Gasteiger partial charge on any atom is -0.269 e. The molecule has 4 nitrogen and oxygen atoms in total. The molecule has 1 aliphatic rings. The van der Waals surface area contributed by atoms with Gasteiger partial charge in [-0.15, -0.1) is 5.10 Å². The second-order valence-corrected chi connectivity index (χ2v) is 0.563. The second kappa shape index (κ2) is 0.898. The number of rotatable bonds is 0. The smallest absolute Gasteiger partial charge is 0.130 e. The van der Waals surface area contributed by atoms with Gasteiger partial charge in [0.2, 0.25) is 0 Å². The largest absolute Gasteiger partial charge is 0.269 e. The van der Waals surface area contributed by atoms with E-state index in [2.05, 4.69) is 21.6 Å². The van der Waals surface area contributed by atoms with Crippen molar-refractivity contribution in [1.29, 1.82) is 0 Å². The number of hydrogen-bond acceptors (Lipinski definition) is 2. The first-order chi connectivity index (χ1) is 2.50. The Labute approximate surface area is 29.2 Å². The molecule has 0 unspecified atom stereocenters. The summed E-state index contributed by atoms with van der Waals surface area (Å²) in [5.74, 6) is 0. The van der Waals surface area contributed by atoms with Crippen LogP contribution in [0.1, 0.15) is 0 Å². The predicted octanol–water partition coefficient (Wildman–Crippen LogP) is -1.43. The lowest BCUT2D eigenvalue weighted by atomic mass is 11.4. The van der Waals surface area contributed by atoms with Crippen molar-refractivity contribution in [1.82, 2.24) is 16.5 Å². The van der Waals surface area contributed by atoms with Gasteiger partial charge in [-0.3, -0.25) is 5.43 Å². The summed E-state index contributed by atoms with van der Waals surface area (Å²) >= 11 is 0. The van der Waals surface area contributed by atoms with Gasteiger partial charge in [-0.2, -0.15) is 0 Å². The summed E-state index contributed by atoms with van der Waals surface area (Å²) in [5, 5.41) is 3.31. The lowest BCUT2D eigenvalue weighted by molar-refractivity contribution is 0.550. The lowest BCUT2D eigenvalue weighted by Crippen LogP contribution is -2.17. The van der Waals surface area contributed by atoms with Crippen LogP contribution in [0, 0.1) is 0 Å². The highest BCUT2D eigenvalue weighted by atomic mass is 15.8. The molecule has 0 bridgehead atoms. The molecule has 2 radical (unpaired) electrons. The normalized spacial score (nSPS) is 17.6. The van der Waals surface area contributed by atoms with E-state index in [0.717, 1.165) is 0 Å². The van der Waals surface area contributed by atoms with E-state index in [1.165, 1.54) is 6.34 Å². The standard InChI is InChI=1S/CH2N4/c1-2-4-5-3-1/h1H,(H,2,3). The molecule has 4 heteroatoms. The van der Waals surface area contributed by atoms with E-state index in [0.29, 0.717) is 0 Å². The molecule has 0 aromatic rings. The molecule has 0 atom stereocenters. The molecule has 0 fully saturated rings. The second-order valence-electron chi connectivity index (χ2n) is 0.563. The maximum absolute atomic E-state index is 3.31. The van der Waals surface area contributed by atoms with E-state index in [1.807, 2.05) is 0 Å². The molecule has 0 saturated heterocycles. The molecule has 1 aliphatic heterocycles. The molecular formula is CH2N4. The Balaban J connectivity index is 2.32. The number of nitrogens with one attached hydrogen (secondary N) is 1. The summed E-state index contributed by atoms with van der Waals surface area (Å²) in [7, 11) is 0. The molecule has 26 valence electrons. The Kier molecular flexibility index (Phi) is 0.443. The first-order valence-electron chi connectivity index (χ1n) is 1.17. The fourth-order valence-electron chi connectivity index (χ4n) is 0.129. The highest BCUT2D eigenvalue weighted by molar-refractivity contribution is 5.53.